The fourth-order valence-electron chi connectivity index (χ4n) is 1.80. The predicted molar refractivity (Wildman–Crippen MR) is 64.8 cm³/mol. The van der Waals surface area contributed by atoms with Gasteiger partial charge in [-0.1, -0.05) is 34.1 Å². The number of likely N-dealkylation sites (N-methyl/N-ethyl adjacent to an activating group) is 2. The molecule has 0 aromatic carbocycles. The number of hydrogen-bond donors (Lipinski definition) is 1. The number of hydrogen-bond acceptors (Lipinski definition) is 2. The average molecular weight is 200 g/mol. The maximum absolute atomic E-state index is 3.45. The maximum atomic E-state index is 3.45. The van der Waals surface area contributed by atoms with Crippen molar-refractivity contribution >= 4 is 0 Å². The van der Waals surface area contributed by atoms with Gasteiger partial charge < -0.3 is 5.32 Å². The van der Waals surface area contributed by atoms with Crippen molar-refractivity contribution in [1.82, 2.24) is 10.2 Å². The lowest BCUT2D eigenvalue weighted by Crippen LogP contribution is -2.42. The van der Waals surface area contributed by atoms with Crippen molar-refractivity contribution in [3.63, 3.8) is 0 Å². The van der Waals surface area contributed by atoms with Gasteiger partial charge in [0.25, 0.3) is 0 Å². The molecule has 0 fully saturated rings. The molecule has 0 spiro atoms. The van der Waals surface area contributed by atoms with E-state index < -0.39 is 0 Å². The topological polar surface area (TPSA) is 15.3 Å². The summed E-state index contributed by atoms with van der Waals surface area (Å²) < 4.78 is 0. The quantitative estimate of drug-likeness (QED) is 0.615. The van der Waals surface area contributed by atoms with E-state index in [1.807, 2.05) is 0 Å². The van der Waals surface area contributed by atoms with Crippen LogP contribution < -0.4 is 5.32 Å². The van der Waals surface area contributed by atoms with E-state index in [2.05, 4.69) is 37.9 Å². The van der Waals surface area contributed by atoms with Crippen LogP contribution in [0.1, 0.15) is 47.0 Å². The summed E-state index contributed by atoms with van der Waals surface area (Å²) in [7, 11) is 0. The molecule has 1 N–H and O–H groups in total. The molecule has 1 atom stereocenters. The molecule has 0 bridgehead atoms. The summed E-state index contributed by atoms with van der Waals surface area (Å²) in [6.45, 7) is 13.7. The minimum atomic E-state index is 0.728. The van der Waals surface area contributed by atoms with Gasteiger partial charge in [-0.2, -0.15) is 0 Å². The first-order valence-electron chi connectivity index (χ1n) is 6.24. The summed E-state index contributed by atoms with van der Waals surface area (Å²) in [5, 5.41) is 3.45. The third kappa shape index (κ3) is 5.61. The molecule has 0 heterocycles. The largest absolute Gasteiger partial charge is 0.315 e. The van der Waals surface area contributed by atoms with Crippen LogP contribution in [0.4, 0.5) is 0 Å². The van der Waals surface area contributed by atoms with E-state index in [0.29, 0.717) is 0 Å². The van der Waals surface area contributed by atoms with Gasteiger partial charge in [-0.25, -0.2) is 0 Å². The van der Waals surface area contributed by atoms with E-state index in [-0.39, 0.29) is 0 Å². The zero-order valence-corrected chi connectivity index (χ0v) is 10.5. The fraction of sp³-hybridized carbons (Fsp3) is 1.00. The summed E-state index contributed by atoms with van der Waals surface area (Å²) in [6.07, 6.45) is 3.88. The van der Waals surface area contributed by atoms with E-state index in [4.69, 9.17) is 0 Å². The van der Waals surface area contributed by atoms with Crippen molar-refractivity contribution in [3.8, 4) is 0 Å². The zero-order valence-electron chi connectivity index (χ0n) is 10.5. The molecule has 0 aromatic heterocycles. The highest BCUT2D eigenvalue weighted by Crippen LogP contribution is 2.05. The molecule has 2 heteroatoms. The van der Waals surface area contributed by atoms with Gasteiger partial charge >= 0.3 is 0 Å². The van der Waals surface area contributed by atoms with Gasteiger partial charge in [0.1, 0.15) is 0 Å². The fourth-order valence-corrected chi connectivity index (χ4v) is 1.80. The Balaban J connectivity index is 3.87. The summed E-state index contributed by atoms with van der Waals surface area (Å²) >= 11 is 0. The summed E-state index contributed by atoms with van der Waals surface area (Å²) in [4.78, 5) is 2.60. The second kappa shape index (κ2) is 9.47. The number of nitrogens with one attached hydrogen (secondary N) is 1. The van der Waals surface area contributed by atoms with Gasteiger partial charge in [0, 0.05) is 12.6 Å². The molecule has 0 aliphatic rings. The Labute approximate surface area is 90.1 Å². The van der Waals surface area contributed by atoms with E-state index in [1.54, 1.807) is 0 Å². The standard InChI is InChI=1S/C12H28N2/c1-5-9-10-14(8-4)12(6-2)11-13-7-3/h12-13H,5-11H2,1-4H3. The van der Waals surface area contributed by atoms with Crippen LogP contribution >= 0.6 is 0 Å². The van der Waals surface area contributed by atoms with E-state index in [0.717, 1.165) is 19.1 Å². The van der Waals surface area contributed by atoms with Crippen LogP contribution in [-0.2, 0) is 0 Å². The van der Waals surface area contributed by atoms with Crippen molar-refractivity contribution in [2.45, 2.75) is 53.0 Å². The second-order valence-electron chi connectivity index (χ2n) is 3.85. The van der Waals surface area contributed by atoms with Gasteiger partial charge in [-0.05, 0) is 32.5 Å². The minimum Gasteiger partial charge on any atom is -0.315 e. The van der Waals surface area contributed by atoms with Gasteiger partial charge in [-0.3, -0.25) is 4.90 Å². The normalized spacial score (nSPS) is 13.5. The SMILES string of the molecule is CCCCN(CC)C(CC)CNCC. The van der Waals surface area contributed by atoms with Crippen molar-refractivity contribution in [2.24, 2.45) is 0 Å². The number of nitrogens with zero attached hydrogens (tertiary/aromatic N) is 1. The van der Waals surface area contributed by atoms with Crippen molar-refractivity contribution in [2.75, 3.05) is 26.2 Å². The molecular weight excluding hydrogens is 172 g/mol. The van der Waals surface area contributed by atoms with Crippen LogP contribution in [0.3, 0.4) is 0 Å². The maximum Gasteiger partial charge on any atom is 0.0217 e. The predicted octanol–water partition coefficient (Wildman–Crippen LogP) is 2.50. The van der Waals surface area contributed by atoms with Gasteiger partial charge in [0.15, 0.2) is 0 Å². The molecule has 0 amide bonds. The number of rotatable bonds is 9. The molecule has 0 saturated heterocycles. The van der Waals surface area contributed by atoms with Crippen LogP contribution in [0.5, 0.6) is 0 Å². The molecule has 0 saturated carbocycles. The third-order valence-corrected chi connectivity index (χ3v) is 2.82. The van der Waals surface area contributed by atoms with E-state index >= 15 is 0 Å². The highest BCUT2D eigenvalue weighted by Gasteiger charge is 2.13. The lowest BCUT2D eigenvalue weighted by atomic mass is 10.1. The molecule has 0 rings (SSSR count). The van der Waals surface area contributed by atoms with Crippen molar-refractivity contribution < 1.29 is 0 Å². The lowest BCUT2D eigenvalue weighted by molar-refractivity contribution is 0.194. The first kappa shape index (κ1) is 13.9. The first-order valence-corrected chi connectivity index (χ1v) is 6.24. The average Bonchev–Trinajstić information content (AvgIpc) is 2.23. The summed E-state index contributed by atoms with van der Waals surface area (Å²) in [5.74, 6) is 0. The van der Waals surface area contributed by atoms with Crippen LogP contribution in [0, 0.1) is 0 Å². The highest BCUT2D eigenvalue weighted by atomic mass is 15.2. The van der Waals surface area contributed by atoms with E-state index in [9.17, 15) is 0 Å². The smallest absolute Gasteiger partial charge is 0.0217 e. The van der Waals surface area contributed by atoms with E-state index in [1.165, 1.54) is 32.4 Å². The number of unbranched alkanes of at least 4 members (excludes halogenated alkanes) is 1. The molecule has 0 radical (unpaired) electrons. The molecule has 0 aliphatic heterocycles. The summed E-state index contributed by atoms with van der Waals surface area (Å²) in [6, 6.07) is 0.728. The van der Waals surface area contributed by atoms with Crippen molar-refractivity contribution in [1.29, 1.82) is 0 Å². The Hall–Kier alpha value is -0.0800. The molecule has 0 aromatic rings. The lowest BCUT2D eigenvalue weighted by Gasteiger charge is -2.30. The summed E-state index contributed by atoms with van der Waals surface area (Å²) in [5.41, 5.74) is 0. The third-order valence-electron chi connectivity index (χ3n) is 2.82. The van der Waals surface area contributed by atoms with Crippen molar-refractivity contribution in [3.05, 3.63) is 0 Å². The highest BCUT2D eigenvalue weighted by molar-refractivity contribution is 4.71. The molecular formula is C12H28N2. The molecule has 86 valence electrons. The first-order chi connectivity index (χ1) is 6.79. The second-order valence-corrected chi connectivity index (χ2v) is 3.85. The Bertz CT molecular complexity index is 101. The van der Waals surface area contributed by atoms with Crippen LogP contribution in [-0.4, -0.2) is 37.1 Å². The Morgan fingerprint density at radius 3 is 2.29 bits per heavy atom. The van der Waals surface area contributed by atoms with Crippen LogP contribution in [0.15, 0.2) is 0 Å². The van der Waals surface area contributed by atoms with Gasteiger partial charge in [0.05, 0.1) is 0 Å². The zero-order chi connectivity index (χ0) is 10.8. The van der Waals surface area contributed by atoms with Crippen LogP contribution in [0.2, 0.25) is 0 Å². The molecule has 2 nitrogen and oxygen atoms in total. The Morgan fingerprint density at radius 1 is 1.14 bits per heavy atom. The molecule has 1 unspecified atom stereocenters. The van der Waals surface area contributed by atoms with Gasteiger partial charge in [-0.15, -0.1) is 0 Å². The molecule has 14 heavy (non-hydrogen) atoms. The van der Waals surface area contributed by atoms with Crippen LogP contribution in [0.25, 0.3) is 0 Å². The molecule has 0 aliphatic carbocycles. The Kier molecular flexibility index (Phi) is 9.42. The minimum absolute atomic E-state index is 0.728. The Morgan fingerprint density at radius 2 is 1.86 bits per heavy atom. The van der Waals surface area contributed by atoms with Gasteiger partial charge in [0.2, 0.25) is 0 Å². The monoisotopic (exact) mass is 200 g/mol.